The minimum absolute atomic E-state index is 0.0329. The second-order valence-corrected chi connectivity index (χ2v) is 12.6. The highest BCUT2D eigenvalue weighted by atomic mass is 35.5. The van der Waals surface area contributed by atoms with Crippen LogP contribution in [-0.4, -0.2) is 25.1 Å². The van der Waals surface area contributed by atoms with Gasteiger partial charge in [-0.25, -0.2) is 13.8 Å². The number of carbonyl (C=O) groups is 1. The van der Waals surface area contributed by atoms with Crippen LogP contribution in [0.15, 0.2) is 119 Å². The summed E-state index contributed by atoms with van der Waals surface area (Å²) in [6.07, 6.45) is 1.55. The van der Waals surface area contributed by atoms with Gasteiger partial charge >= 0.3 is 0 Å². The lowest BCUT2D eigenvalue weighted by Crippen LogP contribution is -2.33. The number of hydrazone groups is 1. The molecule has 0 aliphatic rings. The van der Waals surface area contributed by atoms with Gasteiger partial charge in [0.25, 0.3) is 15.9 Å². The normalized spacial score (nSPS) is 11.5. The van der Waals surface area contributed by atoms with E-state index < -0.39 is 15.9 Å². The summed E-state index contributed by atoms with van der Waals surface area (Å²) in [6, 6.07) is 31.2. The molecule has 218 valence electrons. The zero-order chi connectivity index (χ0) is 30.6. The minimum Gasteiger partial charge on any atom is -0.318 e. The molecule has 0 bridgehead atoms. The fraction of sp³-hybridized carbons (Fsp3) is 0.0909. The first-order valence-corrected chi connectivity index (χ1v) is 15.5. The van der Waals surface area contributed by atoms with E-state index in [9.17, 15) is 13.2 Å². The van der Waals surface area contributed by atoms with Gasteiger partial charge in [0.15, 0.2) is 0 Å². The number of rotatable bonds is 9. The molecule has 1 aromatic heterocycles. The smallest absolute Gasteiger partial charge is 0.273 e. The van der Waals surface area contributed by atoms with Crippen LogP contribution in [0.25, 0.3) is 5.69 Å². The third kappa shape index (κ3) is 6.67. The minimum atomic E-state index is -4.02. The Bertz CT molecular complexity index is 1890. The maximum absolute atomic E-state index is 13.9. The number of halogens is 2. The summed E-state index contributed by atoms with van der Waals surface area (Å²) in [5.74, 6) is -0.552. The first kappa shape index (κ1) is 30.1. The molecule has 7 nitrogen and oxygen atoms in total. The van der Waals surface area contributed by atoms with Crippen molar-refractivity contribution in [3.05, 3.63) is 147 Å². The van der Waals surface area contributed by atoms with E-state index in [1.165, 1.54) is 16.4 Å². The molecule has 10 heteroatoms. The molecule has 0 saturated heterocycles. The topological polar surface area (TPSA) is 83.8 Å². The van der Waals surface area contributed by atoms with Gasteiger partial charge < -0.3 is 4.57 Å². The van der Waals surface area contributed by atoms with Crippen LogP contribution in [0.5, 0.6) is 0 Å². The average molecular weight is 632 g/mol. The Morgan fingerprint density at radius 2 is 1.47 bits per heavy atom. The van der Waals surface area contributed by atoms with Gasteiger partial charge in [-0.1, -0.05) is 83.9 Å². The van der Waals surface area contributed by atoms with Crippen LogP contribution >= 0.6 is 23.2 Å². The number of nitrogens with one attached hydrogen (secondary N) is 1. The summed E-state index contributed by atoms with van der Waals surface area (Å²) in [5.41, 5.74) is 7.12. The number of sulfonamides is 1. The van der Waals surface area contributed by atoms with Crippen LogP contribution in [0.3, 0.4) is 0 Å². The highest BCUT2D eigenvalue weighted by Gasteiger charge is 2.28. The maximum Gasteiger partial charge on any atom is 0.273 e. The molecule has 4 aromatic carbocycles. The maximum atomic E-state index is 13.9. The molecule has 1 amide bonds. The van der Waals surface area contributed by atoms with E-state index in [-0.39, 0.29) is 22.7 Å². The van der Waals surface area contributed by atoms with Gasteiger partial charge in [0.1, 0.15) is 0 Å². The quantitative estimate of drug-likeness (QED) is 0.135. The Hall–Kier alpha value is -4.37. The highest BCUT2D eigenvalue weighted by molar-refractivity contribution is 7.92. The number of hydrogen-bond acceptors (Lipinski definition) is 4. The Morgan fingerprint density at radius 1 is 0.860 bits per heavy atom. The van der Waals surface area contributed by atoms with Crippen LogP contribution in [-0.2, 0) is 16.6 Å². The Balaban J connectivity index is 1.45. The van der Waals surface area contributed by atoms with E-state index in [0.29, 0.717) is 10.0 Å². The molecule has 5 aromatic rings. The number of aryl methyl sites for hydroxylation is 1. The standard InChI is InChI=1S/C33H28Cl2N4O3S/c1-23-17-26(24(2)39(23)29-19-27(34)18-28(35)20-29)21-36-37-33(40)31-15-9-10-16-32(31)38(22-25-11-5-3-6-12-25)43(41,42)30-13-7-4-8-14-30/h3-21H,22H2,1-2H3,(H,37,40)/b36-21-. The first-order valence-electron chi connectivity index (χ1n) is 13.3. The lowest BCUT2D eigenvalue weighted by atomic mass is 10.1. The number of benzene rings is 4. The summed E-state index contributed by atoms with van der Waals surface area (Å²) in [5, 5.41) is 5.25. The van der Waals surface area contributed by atoms with Gasteiger partial charge in [0.2, 0.25) is 0 Å². The van der Waals surface area contributed by atoms with Crippen molar-refractivity contribution in [2.75, 3.05) is 4.31 Å². The molecule has 0 fully saturated rings. The highest BCUT2D eigenvalue weighted by Crippen LogP contribution is 2.30. The van der Waals surface area contributed by atoms with Crippen molar-refractivity contribution in [2.45, 2.75) is 25.3 Å². The Morgan fingerprint density at radius 3 is 2.14 bits per heavy atom. The van der Waals surface area contributed by atoms with Crippen LogP contribution in [0.1, 0.15) is 32.9 Å². The third-order valence-electron chi connectivity index (χ3n) is 6.86. The van der Waals surface area contributed by atoms with Crippen molar-refractivity contribution in [2.24, 2.45) is 5.10 Å². The molecular weight excluding hydrogens is 603 g/mol. The monoisotopic (exact) mass is 630 g/mol. The molecular formula is C33H28Cl2N4O3S. The number of aromatic nitrogens is 1. The summed E-state index contributed by atoms with van der Waals surface area (Å²) in [4.78, 5) is 13.6. The van der Waals surface area contributed by atoms with E-state index in [0.717, 1.165) is 28.2 Å². The van der Waals surface area contributed by atoms with E-state index in [1.54, 1.807) is 54.7 Å². The number of anilines is 1. The second-order valence-electron chi connectivity index (χ2n) is 9.82. The van der Waals surface area contributed by atoms with Crippen molar-refractivity contribution in [3.63, 3.8) is 0 Å². The lowest BCUT2D eigenvalue weighted by Gasteiger charge is -2.26. The molecule has 1 N–H and O–H groups in total. The van der Waals surface area contributed by atoms with E-state index in [1.807, 2.05) is 66.9 Å². The predicted octanol–water partition coefficient (Wildman–Crippen LogP) is 7.56. The fourth-order valence-corrected chi connectivity index (χ4v) is 6.86. The third-order valence-corrected chi connectivity index (χ3v) is 9.07. The number of carbonyl (C=O) groups excluding carboxylic acids is 1. The summed E-state index contributed by atoms with van der Waals surface area (Å²) < 4.78 is 31.0. The van der Waals surface area contributed by atoms with Gasteiger partial charge in [-0.05, 0) is 67.9 Å². The van der Waals surface area contributed by atoms with Crippen LogP contribution in [0, 0.1) is 13.8 Å². The van der Waals surface area contributed by atoms with E-state index in [4.69, 9.17) is 23.2 Å². The largest absolute Gasteiger partial charge is 0.318 e. The molecule has 1 heterocycles. The molecule has 0 radical (unpaired) electrons. The molecule has 0 atom stereocenters. The van der Waals surface area contributed by atoms with Crippen LogP contribution in [0.2, 0.25) is 10.0 Å². The zero-order valence-electron chi connectivity index (χ0n) is 23.4. The van der Waals surface area contributed by atoms with Crippen LogP contribution in [0.4, 0.5) is 5.69 Å². The van der Waals surface area contributed by atoms with Crippen molar-refractivity contribution in [1.29, 1.82) is 0 Å². The van der Waals surface area contributed by atoms with Gasteiger partial charge in [0, 0.05) is 32.7 Å². The Labute approximate surface area is 261 Å². The zero-order valence-corrected chi connectivity index (χ0v) is 25.7. The van der Waals surface area contributed by atoms with Crippen molar-refractivity contribution in [3.8, 4) is 5.69 Å². The molecule has 0 spiro atoms. The number of hydrogen-bond donors (Lipinski definition) is 1. The second kappa shape index (κ2) is 12.9. The summed E-state index contributed by atoms with van der Waals surface area (Å²) in [7, 11) is -4.02. The number of amides is 1. The fourth-order valence-electron chi connectivity index (χ4n) is 4.86. The van der Waals surface area contributed by atoms with Crippen molar-refractivity contribution in [1.82, 2.24) is 9.99 Å². The van der Waals surface area contributed by atoms with Gasteiger partial charge in [0.05, 0.1) is 28.9 Å². The molecule has 0 aliphatic carbocycles. The molecule has 0 unspecified atom stereocenters. The molecule has 0 saturated carbocycles. The van der Waals surface area contributed by atoms with E-state index in [2.05, 4.69) is 10.5 Å². The van der Waals surface area contributed by atoms with Crippen molar-refractivity contribution >= 4 is 51.0 Å². The summed E-state index contributed by atoms with van der Waals surface area (Å²) in [6.45, 7) is 3.91. The number of nitrogens with zero attached hydrogens (tertiary/aromatic N) is 3. The van der Waals surface area contributed by atoms with Gasteiger partial charge in [-0.15, -0.1) is 0 Å². The van der Waals surface area contributed by atoms with Gasteiger partial charge in [-0.3, -0.25) is 9.10 Å². The Kier molecular flexibility index (Phi) is 9.01. The van der Waals surface area contributed by atoms with Crippen LogP contribution < -0.4 is 9.73 Å². The van der Waals surface area contributed by atoms with E-state index >= 15 is 0 Å². The number of para-hydroxylation sites is 1. The average Bonchev–Trinajstić information content (AvgIpc) is 3.28. The lowest BCUT2D eigenvalue weighted by molar-refractivity contribution is 0.0955. The predicted molar refractivity (Wildman–Crippen MR) is 173 cm³/mol. The molecule has 5 rings (SSSR count). The molecule has 0 aliphatic heterocycles. The van der Waals surface area contributed by atoms with Gasteiger partial charge in [-0.2, -0.15) is 5.10 Å². The SMILES string of the molecule is Cc1cc(/C=N\NC(=O)c2ccccc2N(Cc2ccccc2)S(=O)(=O)c2ccccc2)c(C)n1-c1cc(Cl)cc(Cl)c1. The first-order chi connectivity index (χ1) is 20.6. The summed E-state index contributed by atoms with van der Waals surface area (Å²) >= 11 is 12.4. The molecule has 43 heavy (non-hydrogen) atoms. The van der Waals surface area contributed by atoms with Crippen molar-refractivity contribution < 1.29 is 13.2 Å².